The number of methoxy groups -OCH3 is 1. The molecule has 0 radical (unpaired) electrons. The van der Waals surface area contributed by atoms with Crippen LogP contribution in [0, 0.1) is 0 Å². The third-order valence-electron chi connectivity index (χ3n) is 2.49. The molecule has 0 fully saturated rings. The van der Waals surface area contributed by atoms with E-state index in [1.54, 1.807) is 0 Å². The topological polar surface area (TPSA) is 89.7 Å². The largest absolute Gasteiger partial charge is 0.495 e. The maximum Gasteiger partial charge on any atom is 0.221 e. The van der Waals surface area contributed by atoms with Crippen molar-refractivity contribution in [2.45, 2.75) is 0 Å². The molecular weight excluding hydrogens is 292 g/mol. The molecule has 0 heterocycles. The van der Waals surface area contributed by atoms with Gasteiger partial charge in [0.2, 0.25) is 10.0 Å². The highest BCUT2D eigenvalue weighted by Gasteiger charge is 2.22. The first-order valence-corrected chi connectivity index (χ1v) is 7.24. The Morgan fingerprint density at radius 1 is 1.42 bits per heavy atom. The number of hydrogen-bond acceptors (Lipinski definition) is 5. The molecule has 106 valence electrons. The lowest BCUT2D eigenvalue weighted by Gasteiger charge is -2.12. The fraction of sp³-hybridized carbons (Fsp3) is 0.364. The van der Waals surface area contributed by atoms with Crippen molar-refractivity contribution in [2.75, 3.05) is 32.7 Å². The molecule has 0 aliphatic rings. The Balaban J connectivity index is 3.14. The van der Waals surface area contributed by atoms with Crippen LogP contribution in [0.15, 0.2) is 12.1 Å². The Morgan fingerprint density at radius 2 is 2.00 bits per heavy atom. The molecule has 1 aromatic carbocycles. The lowest BCUT2D eigenvalue weighted by molar-refractivity contribution is 0.102. The standard InChI is InChI=1S/C11H15ClN2O4S/c1-14(2)19(16,17)6-10(15)7-4-11(18-3)8(12)5-9(7)13/h4-5H,6,13H2,1-3H3. The molecule has 0 aliphatic heterocycles. The highest BCUT2D eigenvalue weighted by Crippen LogP contribution is 2.30. The van der Waals surface area contributed by atoms with Crippen LogP contribution >= 0.6 is 11.6 Å². The van der Waals surface area contributed by atoms with E-state index in [4.69, 9.17) is 22.1 Å². The number of nitrogens with two attached hydrogens (primary N) is 1. The number of anilines is 1. The van der Waals surface area contributed by atoms with Gasteiger partial charge in [0.1, 0.15) is 11.5 Å². The average molecular weight is 307 g/mol. The van der Waals surface area contributed by atoms with Gasteiger partial charge in [-0.15, -0.1) is 0 Å². The summed E-state index contributed by atoms with van der Waals surface area (Å²) in [4.78, 5) is 12.0. The number of nitrogens with zero attached hydrogens (tertiary/aromatic N) is 1. The first-order valence-electron chi connectivity index (χ1n) is 5.25. The molecule has 0 atom stereocenters. The van der Waals surface area contributed by atoms with Crippen molar-refractivity contribution in [1.29, 1.82) is 0 Å². The quantitative estimate of drug-likeness (QED) is 0.647. The van der Waals surface area contributed by atoms with Crippen LogP contribution in [0.5, 0.6) is 5.75 Å². The van der Waals surface area contributed by atoms with E-state index >= 15 is 0 Å². The lowest BCUT2D eigenvalue weighted by Crippen LogP contribution is -2.29. The zero-order chi connectivity index (χ0) is 14.8. The number of ketones is 1. The highest BCUT2D eigenvalue weighted by atomic mass is 35.5. The molecule has 8 heteroatoms. The number of carbonyl (C=O) groups excluding carboxylic acids is 1. The molecule has 6 nitrogen and oxygen atoms in total. The van der Waals surface area contributed by atoms with Gasteiger partial charge in [-0.05, 0) is 12.1 Å². The van der Waals surface area contributed by atoms with Crippen molar-refractivity contribution in [3.63, 3.8) is 0 Å². The van der Waals surface area contributed by atoms with Crippen LogP contribution < -0.4 is 10.5 Å². The van der Waals surface area contributed by atoms with Gasteiger partial charge in [0, 0.05) is 25.3 Å². The van der Waals surface area contributed by atoms with Gasteiger partial charge in [0.05, 0.1) is 12.1 Å². The molecule has 0 aliphatic carbocycles. The normalized spacial score (nSPS) is 11.6. The minimum atomic E-state index is -3.64. The zero-order valence-electron chi connectivity index (χ0n) is 10.8. The fourth-order valence-electron chi connectivity index (χ4n) is 1.34. The molecule has 0 saturated heterocycles. The van der Waals surface area contributed by atoms with Gasteiger partial charge in [-0.1, -0.05) is 11.6 Å². The number of halogens is 1. The highest BCUT2D eigenvalue weighted by molar-refractivity contribution is 7.89. The molecule has 1 rings (SSSR count). The predicted octanol–water partition coefficient (Wildman–Crippen LogP) is 1.00. The molecule has 0 bridgehead atoms. The van der Waals surface area contributed by atoms with Crippen LogP contribution in [-0.2, 0) is 10.0 Å². The Morgan fingerprint density at radius 3 is 2.47 bits per heavy atom. The minimum Gasteiger partial charge on any atom is -0.495 e. The average Bonchev–Trinajstić information content (AvgIpc) is 2.28. The summed E-state index contributed by atoms with van der Waals surface area (Å²) in [6.45, 7) is 0. The summed E-state index contributed by atoms with van der Waals surface area (Å²) in [6.07, 6.45) is 0. The van der Waals surface area contributed by atoms with E-state index in [2.05, 4.69) is 0 Å². The second kappa shape index (κ2) is 5.77. The molecule has 0 amide bonds. The van der Waals surface area contributed by atoms with Crippen LogP contribution in [0.2, 0.25) is 5.02 Å². The first-order chi connectivity index (χ1) is 8.69. The minimum absolute atomic E-state index is 0.0756. The van der Waals surface area contributed by atoms with Crippen LogP contribution in [0.1, 0.15) is 10.4 Å². The van der Waals surface area contributed by atoms with E-state index < -0.39 is 21.6 Å². The van der Waals surface area contributed by atoms with Gasteiger partial charge in [-0.25, -0.2) is 12.7 Å². The number of ether oxygens (including phenoxy) is 1. The summed E-state index contributed by atoms with van der Waals surface area (Å²) in [7, 11) is 0.465. The summed E-state index contributed by atoms with van der Waals surface area (Å²) >= 11 is 5.85. The molecule has 2 N–H and O–H groups in total. The first kappa shape index (κ1) is 15.7. The van der Waals surface area contributed by atoms with E-state index in [9.17, 15) is 13.2 Å². The number of benzene rings is 1. The Kier molecular flexibility index (Phi) is 4.78. The third kappa shape index (κ3) is 3.59. The molecule has 19 heavy (non-hydrogen) atoms. The van der Waals surface area contributed by atoms with Crippen molar-refractivity contribution in [3.05, 3.63) is 22.7 Å². The van der Waals surface area contributed by atoms with Gasteiger partial charge in [-0.2, -0.15) is 0 Å². The summed E-state index contributed by atoms with van der Waals surface area (Å²) in [6, 6.07) is 2.70. The molecule has 0 saturated carbocycles. The van der Waals surface area contributed by atoms with Crippen molar-refractivity contribution in [2.24, 2.45) is 0 Å². The molecule has 1 aromatic rings. The van der Waals surface area contributed by atoms with E-state index in [0.717, 1.165) is 4.31 Å². The van der Waals surface area contributed by atoms with Crippen molar-refractivity contribution in [3.8, 4) is 5.75 Å². The summed E-state index contributed by atoms with van der Waals surface area (Å²) in [5, 5.41) is 0.256. The van der Waals surface area contributed by atoms with E-state index in [1.807, 2.05) is 0 Å². The zero-order valence-corrected chi connectivity index (χ0v) is 12.4. The summed E-state index contributed by atoms with van der Waals surface area (Å²) in [5.74, 6) is -1.00. The maximum atomic E-state index is 12.0. The van der Waals surface area contributed by atoms with E-state index in [-0.39, 0.29) is 22.0 Å². The van der Waals surface area contributed by atoms with Gasteiger partial charge >= 0.3 is 0 Å². The van der Waals surface area contributed by atoms with Crippen LogP contribution in [0.4, 0.5) is 5.69 Å². The van der Waals surface area contributed by atoms with E-state index in [1.165, 1.54) is 33.3 Å². The Hall–Kier alpha value is -1.31. The van der Waals surface area contributed by atoms with E-state index in [0.29, 0.717) is 0 Å². The van der Waals surface area contributed by atoms with Crippen molar-refractivity contribution >= 4 is 33.1 Å². The summed E-state index contributed by atoms with van der Waals surface area (Å²) in [5.41, 5.74) is 5.86. The Bertz CT molecular complexity index is 599. The molecular formula is C11H15ClN2O4S. The number of rotatable bonds is 5. The second-order valence-electron chi connectivity index (χ2n) is 4.04. The molecule has 0 aromatic heterocycles. The SMILES string of the molecule is COc1cc(C(=O)CS(=O)(=O)N(C)C)c(N)cc1Cl. The lowest BCUT2D eigenvalue weighted by atomic mass is 10.1. The van der Waals surface area contributed by atoms with Crippen LogP contribution in [0.25, 0.3) is 0 Å². The van der Waals surface area contributed by atoms with Crippen molar-refractivity contribution < 1.29 is 17.9 Å². The third-order valence-corrected chi connectivity index (χ3v) is 4.53. The number of hydrogen-bond donors (Lipinski definition) is 1. The van der Waals surface area contributed by atoms with Crippen LogP contribution in [-0.4, -0.2) is 45.5 Å². The molecule has 0 unspecified atom stereocenters. The fourth-order valence-corrected chi connectivity index (χ4v) is 2.33. The van der Waals surface area contributed by atoms with Gasteiger partial charge in [0.25, 0.3) is 0 Å². The smallest absolute Gasteiger partial charge is 0.221 e. The number of nitrogen functional groups attached to an aromatic ring is 1. The number of Topliss-reactive ketones (excluding diaryl/α,β-unsaturated/α-hetero) is 1. The van der Waals surface area contributed by atoms with Crippen LogP contribution in [0.3, 0.4) is 0 Å². The second-order valence-corrected chi connectivity index (χ2v) is 6.63. The summed E-state index contributed by atoms with van der Waals surface area (Å²) < 4.78 is 29.3. The van der Waals surface area contributed by atoms with Gasteiger partial charge in [0.15, 0.2) is 5.78 Å². The Labute approximate surface area is 117 Å². The predicted molar refractivity (Wildman–Crippen MR) is 74.2 cm³/mol. The number of carbonyl (C=O) groups is 1. The number of sulfonamides is 1. The van der Waals surface area contributed by atoms with Crippen molar-refractivity contribution in [1.82, 2.24) is 4.31 Å². The molecule has 0 spiro atoms. The maximum absolute atomic E-state index is 12.0. The van der Waals surface area contributed by atoms with Gasteiger partial charge < -0.3 is 10.5 Å². The monoisotopic (exact) mass is 306 g/mol. The van der Waals surface area contributed by atoms with Gasteiger partial charge in [-0.3, -0.25) is 4.79 Å².